The van der Waals surface area contributed by atoms with Gasteiger partial charge in [-0.25, -0.2) is 8.42 Å². The largest absolute Gasteiger partial charge is 0.504 e. The number of phenolic OH excluding ortho intramolecular Hbond substituents is 2. The summed E-state index contributed by atoms with van der Waals surface area (Å²) in [7, 11) is -3.34. The normalized spacial score (nSPS) is 11.7. The lowest BCUT2D eigenvalue weighted by atomic mass is 10.1. The predicted octanol–water partition coefficient (Wildman–Crippen LogP) is 7.22. The van der Waals surface area contributed by atoms with Gasteiger partial charge in [0.2, 0.25) is 5.91 Å². The first-order chi connectivity index (χ1) is 17.3. The second kappa shape index (κ2) is 16.0. The second-order valence-corrected chi connectivity index (χ2v) is 11.4. The zero-order chi connectivity index (χ0) is 26.2. The van der Waals surface area contributed by atoms with Crippen LogP contribution in [-0.4, -0.2) is 30.3 Å². The van der Waals surface area contributed by atoms with Crippen molar-refractivity contribution in [2.24, 2.45) is 0 Å². The first-order valence-electron chi connectivity index (χ1n) is 13.2. The quantitative estimate of drug-likeness (QED) is 0.117. The van der Waals surface area contributed by atoms with E-state index in [1.807, 2.05) is 0 Å². The SMILES string of the molecule is CCCCCCCCCCCCCCS(=O)(=O)c1ccc(NC(=O)/C=C/c2ccc(O)c(O)c2)cc1. The van der Waals surface area contributed by atoms with Gasteiger partial charge in [0, 0.05) is 11.8 Å². The number of hydrogen-bond acceptors (Lipinski definition) is 5. The number of amides is 1. The highest BCUT2D eigenvalue weighted by Gasteiger charge is 2.14. The third-order valence-corrected chi connectivity index (χ3v) is 7.99. The van der Waals surface area contributed by atoms with Crippen LogP contribution in [0, 0.1) is 0 Å². The number of hydrogen-bond donors (Lipinski definition) is 3. The highest BCUT2D eigenvalue weighted by molar-refractivity contribution is 7.91. The van der Waals surface area contributed by atoms with E-state index >= 15 is 0 Å². The molecule has 0 aromatic heterocycles. The van der Waals surface area contributed by atoms with Crippen molar-refractivity contribution in [1.82, 2.24) is 0 Å². The molecular formula is C29H41NO5S. The van der Waals surface area contributed by atoms with Crippen molar-refractivity contribution in [1.29, 1.82) is 0 Å². The summed E-state index contributed by atoms with van der Waals surface area (Å²) in [5, 5.41) is 21.5. The van der Waals surface area contributed by atoms with E-state index in [1.165, 1.54) is 94.2 Å². The molecule has 2 aromatic carbocycles. The lowest BCUT2D eigenvalue weighted by Crippen LogP contribution is -2.09. The van der Waals surface area contributed by atoms with Gasteiger partial charge >= 0.3 is 0 Å². The first-order valence-corrected chi connectivity index (χ1v) is 14.8. The van der Waals surface area contributed by atoms with E-state index in [0.29, 0.717) is 17.7 Å². The zero-order valence-electron chi connectivity index (χ0n) is 21.4. The molecule has 6 nitrogen and oxygen atoms in total. The van der Waals surface area contributed by atoms with Gasteiger partial charge in [0.1, 0.15) is 0 Å². The summed E-state index contributed by atoms with van der Waals surface area (Å²) >= 11 is 0. The van der Waals surface area contributed by atoms with Crippen molar-refractivity contribution >= 4 is 27.5 Å². The number of unbranched alkanes of at least 4 members (excludes halogenated alkanes) is 11. The molecule has 2 rings (SSSR count). The Labute approximate surface area is 216 Å². The molecule has 0 bridgehead atoms. The molecule has 0 aliphatic carbocycles. The molecule has 36 heavy (non-hydrogen) atoms. The maximum absolute atomic E-state index is 12.6. The smallest absolute Gasteiger partial charge is 0.248 e. The van der Waals surface area contributed by atoms with Crippen molar-refractivity contribution in [3.8, 4) is 11.5 Å². The van der Waals surface area contributed by atoms with Gasteiger partial charge in [0.05, 0.1) is 10.6 Å². The average Bonchev–Trinajstić information content (AvgIpc) is 2.86. The third-order valence-electron chi connectivity index (χ3n) is 6.17. The average molecular weight is 516 g/mol. The van der Waals surface area contributed by atoms with Gasteiger partial charge in [-0.3, -0.25) is 4.79 Å². The molecule has 0 radical (unpaired) electrons. The van der Waals surface area contributed by atoms with Crippen molar-refractivity contribution in [3.63, 3.8) is 0 Å². The lowest BCUT2D eigenvalue weighted by molar-refractivity contribution is -0.111. The number of carbonyl (C=O) groups is 1. The summed E-state index contributed by atoms with van der Waals surface area (Å²) < 4.78 is 25.2. The molecule has 0 spiro atoms. The number of aromatic hydroxyl groups is 2. The zero-order valence-corrected chi connectivity index (χ0v) is 22.2. The van der Waals surface area contributed by atoms with Crippen LogP contribution in [0.4, 0.5) is 5.69 Å². The molecule has 0 saturated heterocycles. The second-order valence-electron chi connectivity index (χ2n) is 9.30. The maximum atomic E-state index is 12.6. The minimum Gasteiger partial charge on any atom is -0.504 e. The summed E-state index contributed by atoms with van der Waals surface area (Å²) in [6.45, 7) is 2.24. The van der Waals surface area contributed by atoms with E-state index in [2.05, 4.69) is 12.2 Å². The molecule has 0 aliphatic rings. The molecule has 0 aliphatic heterocycles. The Balaban J connectivity index is 1.66. The van der Waals surface area contributed by atoms with Crippen LogP contribution >= 0.6 is 0 Å². The Morgan fingerprint density at radius 3 is 1.89 bits per heavy atom. The lowest BCUT2D eigenvalue weighted by Gasteiger charge is -2.07. The maximum Gasteiger partial charge on any atom is 0.248 e. The molecule has 198 valence electrons. The molecule has 7 heteroatoms. The number of nitrogens with one attached hydrogen (secondary N) is 1. The number of phenols is 2. The Morgan fingerprint density at radius 1 is 0.778 bits per heavy atom. The monoisotopic (exact) mass is 515 g/mol. The summed E-state index contributed by atoms with van der Waals surface area (Å²) in [6, 6.07) is 10.4. The molecule has 3 N–H and O–H groups in total. The van der Waals surface area contributed by atoms with Crippen LogP contribution < -0.4 is 5.32 Å². The van der Waals surface area contributed by atoms with Crippen molar-refractivity contribution in [2.45, 2.75) is 88.9 Å². The molecule has 0 saturated carbocycles. The van der Waals surface area contributed by atoms with Crippen LogP contribution in [0.2, 0.25) is 0 Å². The van der Waals surface area contributed by atoms with Crippen molar-refractivity contribution in [3.05, 3.63) is 54.1 Å². The van der Waals surface area contributed by atoms with Crippen LogP contribution in [0.1, 0.15) is 89.5 Å². The Morgan fingerprint density at radius 2 is 1.33 bits per heavy atom. The van der Waals surface area contributed by atoms with Gasteiger partial charge < -0.3 is 15.5 Å². The van der Waals surface area contributed by atoms with Crippen LogP contribution in [0.3, 0.4) is 0 Å². The fraction of sp³-hybridized carbons (Fsp3) is 0.483. The third kappa shape index (κ3) is 11.3. The summed E-state index contributed by atoms with van der Waals surface area (Å²) in [5.74, 6) is -0.754. The van der Waals surface area contributed by atoms with Gasteiger partial charge in [-0.15, -0.1) is 0 Å². The van der Waals surface area contributed by atoms with Crippen LogP contribution in [0.5, 0.6) is 11.5 Å². The molecule has 0 unspecified atom stereocenters. The first kappa shape index (κ1) is 29.4. The summed E-state index contributed by atoms with van der Waals surface area (Å²) in [5.41, 5.74) is 1.04. The van der Waals surface area contributed by atoms with Gasteiger partial charge in [0.25, 0.3) is 0 Å². The Hall–Kier alpha value is -2.80. The van der Waals surface area contributed by atoms with E-state index in [4.69, 9.17) is 0 Å². The Kier molecular flexibility index (Phi) is 13.1. The molecule has 1 amide bonds. The Bertz CT molecular complexity index is 1060. The predicted molar refractivity (Wildman–Crippen MR) is 147 cm³/mol. The summed E-state index contributed by atoms with van der Waals surface area (Å²) in [6.07, 6.45) is 17.1. The van der Waals surface area contributed by atoms with Gasteiger partial charge in [-0.2, -0.15) is 0 Å². The fourth-order valence-corrected chi connectivity index (χ4v) is 5.37. The standard InChI is InChI=1S/C29H41NO5S/c1-2-3-4-5-6-7-8-9-10-11-12-13-22-36(34,35)26-18-16-25(17-19-26)30-29(33)21-15-24-14-20-27(31)28(32)23-24/h14-21,23,31-32H,2-13,22H2,1H3,(H,30,33)/b21-15+. The fourth-order valence-electron chi connectivity index (χ4n) is 4.00. The van der Waals surface area contributed by atoms with Crippen molar-refractivity contribution < 1.29 is 23.4 Å². The topological polar surface area (TPSA) is 104 Å². The molecule has 0 heterocycles. The molecule has 0 atom stereocenters. The van der Waals surface area contributed by atoms with Gasteiger partial charge in [-0.1, -0.05) is 83.6 Å². The molecule has 2 aromatic rings. The van der Waals surface area contributed by atoms with Gasteiger partial charge in [0.15, 0.2) is 21.3 Å². The van der Waals surface area contributed by atoms with E-state index < -0.39 is 15.7 Å². The minimum atomic E-state index is -3.34. The minimum absolute atomic E-state index is 0.137. The van der Waals surface area contributed by atoms with E-state index in [9.17, 15) is 23.4 Å². The van der Waals surface area contributed by atoms with Crippen LogP contribution in [0.25, 0.3) is 6.08 Å². The number of carbonyl (C=O) groups excluding carboxylic acids is 1. The van der Waals surface area contributed by atoms with E-state index in [0.717, 1.165) is 12.8 Å². The van der Waals surface area contributed by atoms with Crippen LogP contribution in [0.15, 0.2) is 53.4 Å². The highest BCUT2D eigenvalue weighted by atomic mass is 32.2. The summed E-state index contributed by atoms with van der Waals surface area (Å²) in [4.78, 5) is 12.4. The molecule has 0 fully saturated rings. The van der Waals surface area contributed by atoms with E-state index in [1.54, 1.807) is 18.2 Å². The van der Waals surface area contributed by atoms with Crippen LogP contribution in [-0.2, 0) is 14.6 Å². The van der Waals surface area contributed by atoms with E-state index in [-0.39, 0.29) is 22.1 Å². The van der Waals surface area contributed by atoms with Crippen molar-refractivity contribution in [2.75, 3.05) is 11.1 Å². The number of rotatable bonds is 17. The molecular weight excluding hydrogens is 474 g/mol. The number of benzene rings is 2. The van der Waals surface area contributed by atoms with Gasteiger partial charge in [-0.05, 0) is 54.5 Å². The number of sulfone groups is 1. The number of anilines is 1. The highest BCUT2D eigenvalue weighted by Crippen LogP contribution is 2.25.